The highest BCUT2D eigenvalue weighted by molar-refractivity contribution is 6.12. The standard InChI is InChI=1S/C6H14BNO/c7-5-1-3-8-4-2-6(5)9/h5-6,8-9H,1-4,7H2/t5?,6-/m0/s1. The van der Waals surface area contributed by atoms with Gasteiger partial charge in [-0.05, 0) is 31.7 Å². The Kier molecular flexibility index (Phi) is 2.55. The zero-order valence-electron chi connectivity index (χ0n) is 5.93. The van der Waals surface area contributed by atoms with Gasteiger partial charge in [-0.2, -0.15) is 0 Å². The second-order valence-electron chi connectivity index (χ2n) is 2.87. The third kappa shape index (κ3) is 1.99. The minimum atomic E-state index is -0.0694. The minimum absolute atomic E-state index is 0.0694. The predicted octanol–water partition coefficient (Wildman–Crippen LogP) is -0.848. The summed E-state index contributed by atoms with van der Waals surface area (Å²) in [5.74, 6) is 0.486. The fourth-order valence-corrected chi connectivity index (χ4v) is 1.18. The molecule has 1 saturated heterocycles. The summed E-state index contributed by atoms with van der Waals surface area (Å²) in [6, 6.07) is 0. The monoisotopic (exact) mass is 127 g/mol. The first-order chi connectivity index (χ1) is 4.30. The van der Waals surface area contributed by atoms with Gasteiger partial charge < -0.3 is 10.4 Å². The van der Waals surface area contributed by atoms with E-state index in [0.29, 0.717) is 5.82 Å². The molecule has 0 amide bonds. The Hall–Kier alpha value is -0.0151. The van der Waals surface area contributed by atoms with E-state index in [2.05, 4.69) is 13.2 Å². The van der Waals surface area contributed by atoms with Crippen LogP contribution in [0.1, 0.15) is 12.8 Å². The lowest BCUT2D eigenvalue weighted by Crippen LogP contribution is -2.15. The first-order valence-electron chi connectivity index (χ1n) is 3.69. The summed E-state index contributed by atoms with van der Waals surface area (Å²) in [5, 5.41) is 12.6. The number of rotatable bonds is 0. The van der Waals surface area contributed by atoms with Crippen molar-refractivity contribution in [3.05, 3.63) is 0 Å². The molecular formula is C6H14BNO. The zero-order chi connectivity index (χ0) is 6.69. The Morgan fingerprint density at radius 2 is 2.00 bits per heavy atom. The van der Waals surface area contributed by atoms with Crippen molar-refractivity contribution in [2.45, 2.75) is 24.8 Å². The lowest BCUT2D eigenvalue weighted by atomic mass is 9.79. The van der Waals surface area contributed by atoms with Gasteiger partial charge in [-0.25, -0.2) is 0 Å². The normalized spacial score (nSPS) is 37.9. The maximum atomic E-state index is 9.32. The minimum Gasteiger partial charge on any atom is -0.394 e. The van der Waals surface area contributed by atoms with Crippen LogP contribution >= 0.6 is 0 Å². The van der Waals surface area contributed by atoms with Crippen LogP contribution in [0, 0.1) is 0 Å². The van der Waals surface area contributed by atoms with Crippen LogP contribution in [0.15, 0.2) is 0 Å². The molecule has 1 fully saturated rings. The van der Waals surface area contributed by atoms with Crippen LogP contribution < -0.4 is 5.32 Å². The van der Waals surface area contributed by atoms with E-state index in [4.69, 9.17) is 0 Å². The molecule has 0 aromatic heterocycles. The lowest BCUT2D eigenvalue weighted by molar-refractivity contribution is 0.162. The van der Waals surface area contributed by atoms with Gasteiger partial charge in [0.2, 0.25) is 0 Å². The van der Waals surface area contributed by atoms with Crippen LogP contribution in [0.3, 0.4) is 0 Å². The van der Waals surface area contributed by atoms with Crippen LogP contribution in [-0.2, 0) is 0 Å². The van der Waals surface area contributed by atoms with Gasteiger partial charge in [0.25, 0.3) is 0 Å². The molecule has 0 bridgehead atoms. The van der Waals surface area contributed by atoms with Crippen molar-refractivity contribution in [1.29, 1.82) is 0 Å². The topological polar surface area (TPSA) is 32.3 Å². The molecular weight excluding hydrogens is 113 g/mol. The largest absolute Gasteiger partial charge is 0.394 e. The molecule has 1 aliphatic rings. The molecule has 52 valence electrons. The first kappa shape index (κ1) is 7.10. The molecule has 2 N–H and O–H groups in total. The summed E-state index contributed by atoms with van der Waals surface area (Å²) >= 11 is 0. The van der Waals surface area contributed by atoms with E-state index in [0.717, 1.165) is 25.9 Å². The lowest BCUT2D eigenvalue weighted by Gasteiger charge is -2.12. The van der Waals surface area contributed by atoms with Crippen molar-refractivity contribution >= 4 is 7.85 Å². The molecule has 0 spiro atoms. The molecule has 3 heteroatoms. The summed E-state index contributed by atoms with van der Waals surface area (Å²) in [6.07, 6.45) is 1.96. The molecule has 1 heterocycles. The highest BCUT2D eigenvalue weighted by Gasteiger charge is 2.15. The Morgan fingerprint density at radius 1 is 1.33 bits per heavy atom. The molecule has 2 atom stereocenters. The molecule has 1 rings (SSSR count). The maximum absolute atomic E-state index is 9.32. The Morgan fingerprint density at radius 3 is 2.78 bits per heavy atom. The van der Waals surface area contributed by atoms with E-state index in [9.17, 15) is 5.11 Å². The highest BCUT2D eigenvalue weighted by Crippen LogP contribution is 2.15. The molecule has 0 radical (unpaired) electrons. The fourth-order valence-electron chi connectivity index (χ4n) is 1.18. The van der Waals surface area contributed by atoms with Gasteiger partial charge in [-0.1, -0.05) is 0 Å². The van der Waals surface area contributed by atoms with Gasteiger partial charge in [0.15, 0.2) is 0 Å². The average molecular weight is 127 g/mol. The zero-order valence-corrected chi connectivity index (χ0v) is 5.93. The summed E-state index contributed by atoms with van der Waals surface area (Å²) < 4.78 is 0. The van der Waals surface area contributed by atoms with E-state index in [-0.39, 0.29) is 6.10 Å². The SMILES string of the molecule is BC1CCNCC[C@@H]1O. The fraction of sp³-hybridized carbons (Fsp3) is 1.00. The maximum Gasteiger partial charge on any atom is 0.108 e. The van der Waals surface area contributed by atoms with Gasteiger partial charge in [-0.3, -0.25) is 0 Å². The summed E-state index contributed by atoms with van der Waals surface area (Å²) in [5.41, 5.74) is 0. The molecule has 9 heavy (non-hydrogen) atoms. The van der Waals surface area contributed by atoms with Crippen LogP contribution in [0.2, 0.25) is 5.82 Å². The second kappa shape index (κ2) is 3.23. The summed E-state index contributed by atoms with van der Waals surface area (Å²) in [4.78, 5) is 0. The molecule has 0 aromatic rings. The van der Waals surface area contributed by atoms with Gasteiger partial charge in [0, 0.05) is 0 Å². The quantitative estimate of drug-likeness (QED) is 0.415. The number of hydrogen-bond donors (Lipinski definition) is 2. The van der Waals surface area contributed by atoms with Crippen molar-refractivity contribution < 1.29 is 5.11 Å². The number of nitrogens with one attached hydrogen (secondary N) is 1. The van der Waals surface area contributed by atoms with Gasteiger partial charge >= 0.3 is 0 Å². The number of aliphatic hydroxyl groups excluding tert-OH is 1. The predicted molar refractivity (Wildman–Crippen MR) is 40.4 cm³/mol. The molecule has 1 aliphatic heterocycles. The van der Waals surface area contributed by atoms with Gasteiger partial charge in [0.05, 0.1) is 6.10 Å². The van der Waals surface area contributed by atoms with Crippen LogP contribution in [0.4, 0.5) is 0 Å². The number of aliphatic hydroxyl groups is 1. The van der Waals surface area contributed by atoms with Crippen molar-refractivity contribution in [2.24, 2.45) is 0 Å². The molecule has 0 aromatic carbocycles. The van der Waals surface area contributed by atoms with E-state index in [1.54, 1.807) is 0 Å². The van der Waals surface area contributed by atoms with Gasteiger partial charge in [-0.15, -0.1) is 0 Å². The van der Waals surface area contributed by atoms with Crippen molar-refractivity contribution in [2.75, 3.05) is 13.1 Å². The van der Waals surface area contributed by atoms with E-state index in [1.807, 2.05) is 0 Å². The molecule has 1 unspecified atom stereocenters. The number of hydrogen-bond acceptors (Lipinski definition) is 2. The van der Waals surface area contributed by atoms with Crippen LogP contribution in [-0.4, -0.2) is 32.1 Å². The Bertz CT molecular complexity index is 79.1. The first-order valence-corrected chi connectivity index (χ1v) is 3.69. The Balaban J connectivity index is 2.32. The third-order valence-corrected chi connectivity index (χ3v) is 2.05. The van der Waals surface area contributed by atoms with E-state index < -0.39 is 0 Å². The van der Waals surface area contributed by atoms with E-state index in [1.165, 1.54) is 0 Å². The summed E-state index contributed by atoms with van der Waals surface area (Å²) in [7, 11) is 2.11. The average Bonchev–Trinajstić information content (AvgIpc) is 1.99. The molecule has 0 saturated carbocycles. The van der Waals surface area contributed by atoms with Crippen molar-refractivity contribution in [1.82, 2.24) is 5.32 Å². The third-order valence-electron chi connectivity index (χ3n) is 2.05. The van der Waals surface area contributed by atoms with E-state index >= 15 is 0 Å². The molecule has 2 nitrogen and oxygen atoms in total. The second-order valence-corrected chi connectivity index (χ2v) is 2.87. The van der Waals surface area contributed by atoms with Crippen LogP contribution in [0.25, 0.3) is 0 Å². The van der Waals surface area contributed by atoms with Gasteiger partial charge in [0.1, 0.15) is 7.85 Å². The van der Waals surface area contributed by atoms with Crippen molar-refractivity contribution in [3.63, 3.8) is 0 Å². The van der Waals surface area contributed by atoms with Crippen LogP contribution in [0.5, 0.6) is 0 Å². The highest BCUT2D eigenvalue weighted by atomic mass is 16.3. The Labute approximate surface area is 57.1 Å². The van der Waals surface area contributed by atoms with Crippen molar-refractivity contribution in [3.8, 4) is 0 Å². The molecule has 0 aliphatic carbocycles. The smallest absolute Gasteiger partial charge is 0.108 e. The summed E-state index contributed by atoms with van der Waals surface area (Å²) in [6.45, 7) is 2.05.